The molecule has 1 atom stereocenters. The molecule has 4 rings (SSSR count). The number of benzene rings is 2. The first-order valence-corrected chi connectivity index (χ1v) is 9.75. The van der Waals surface area contributed by atoms with E-state index in [1.165, 1.54) is 27.8 Å². The first-order chi connectivity index (χ1) is 13.6. The summed E-state index contributed by atoms with van der Waals surface area (Å²) in [7, 11) is 4.26. The fraction of sp³-hybridized carbons (Fsp3) is 0.348. The van der Waals surface area contributed by atoms with Crippen LogP contribution in [0.1, 0.15) is 28.7 Å². The predicted octanol–water partition coefficient (Wildman–Crippen LogP) is 2.54. The van der Waals surface area contributed by atoms with Crippen molar-refractivity contribution < 1.29 is 9.63 Å². The fourth-order valence-electron chi connectivity index (χ4n) is 3.46. The van der Waals surface area contributed by atoms with Crippen molar-refractivity contribution in [3.63, 3.8) is 0 Å². The van der Waals surface area contributed by atoms with Crippen LogP contribution in [0.25, 0.3) is 5.57 Å². The highest BCUT2D eigenvalue weighted by Crippen LogP contribution is 2.33. The van der Waals surface area contributed by atoms with E-state index in [1.807, 2.05) is 0 Å². The number of carbonyl (C=O) groups is 1. The minimum Gasteiger partial charge on any atom is -0.318 e. The molecule has 0 spiro atoms. The van der Waals surface area contributed by atoms with Crippen molar-refractivity contribution in [1.82, 2.24) is 10.4 Å². The molecule has 28 heavy (non-hydrogen) atoms. The van der Waals surface area contributed by atoms with Crippen LogP contribution in [0.2, 0.25) is 0 Å². The third-order valence-electron chi connectivity index (χ3n) is 4.98. The lowest BCUT2D eigenvalue weighted by Crippen LogP contribution is -2.31. The summed E-state index contributed by atoms with van der Waals surface area (Å²) in [5.41, 5.74) is 14.5. The number of fused-ring (bicyclic) bond motifs is 2. The van der Waals surface area contributed by atoms with Gasteiger partial charge >= 0.3 is 0 Å². The Labute approximate surface area is 167 Å². The SMILES string of the molecule is CN(C)CCC=C1c2ccccc2CCc2ccccc21.N[C@@H]1CONC1=O. The minimum atomic E-state index is -0.458. The average molecular weight is 380 g/mol. The van der Waals surface area contributed by atoms with E-state index >= 15 is 0 Å². The molecule has 3 N–H and O–H groups in total. The Kier molecular flexibility index (Phi) is 6.98. The summed E-state index contributed by atoms with van der Waals surface area (Å²) < 4.78 is 0. The highest BCUT2D eigenvalue weighted by molar-refractivity contribution is 5.84. The second kappa shape index (κ2) is 9.64. The number of rotatable bonds is 3. The van der Waals surface area contributed by atoms with Gasteiger partial charge in [-0.1, -0.05) is 54.6 Å². The highest BCUT2D eigenvalue weighted by atomic mass is 16.7. The van der Waals surface area contributed by atoms with Gasteiger partial charge in [0.2, 0.25) is 0 Å². The molecule has 1 fully saturated rings. The highest BCUT2D eigenvalue weighted by Gasteiger charge is 2.20. The van der Waals surface area contributed by atoms with Gasteiger partial charge in [-0.25, -0.2) is 5.48 Å². The molecule has 1 saturated heterocycles. The molecule has 148 valence electrons. The Morgan fingerprint density at radius 1 is 1.07 bits per heavy atom. The molecule has 1 aliphatic heterocycles. The number of nitrogens with zero attached hydrogens (tertiary/aromatic N) is 1. The Morgan fingerprint density at radius 3 is 2.07 bits per heavy atom. The lowest BCUT2D eigenvalue weighted by molar-refractivity contribution is -0.124. The average Bonchev–Trinajstić information content (AvgIpc) is 2.99. The van der Waals surface area contributed by atoms with Gasteiger partial charge in [-0.3, -0.25) is 9.63 Å². The van der Waals surface area contributed by atoms with Gasteiger partial charge in [0.1, 0.15) is 6.04 Å². The van der Waals surface area contributed by atoms with Gasteiger partial charge < -0.3 is 10.6 Å². The van der Waals surface area contributed by atoms with E-state index in [4.69, 9.17) is 5.73 Å². The van der Waals surface area contributed by atoms with Crippen molar-refractivity contribution in [3.8, 4) is 0 Å². The van der Waals surface area contributed by atoms with Crippen LogP contribution in [-0.4, -0.2) is 44.1 Å². The second-order valence-electron chi connectivity index (χ2n) is 7.41. The first kappa shape index (κ1) is 20.3. The summed E-state index contributed by atoms with van der Waals surface area (Å²) in [6, 6.07) is 17.3. The zero-order valence-corrected chi connectivity index (χ0v) is 16.7. The topological polar surface area (TPSA) is 67.6 Å². The summed E-state index contributed by atoms with van der Waals surface area (Å²) in [6.07, 6.45) is 5.78. The zero-order valence-electron chi connectivity index (χ0n) is 16.7. The Bertz CT molecular complexity index is 796. The monoisotopic (exact) mass is 379 g/mol. The van der Waals surface area contributed by atoms with Crippen molar-refractivity contribution in [2.24, 2.45) is 5.73 Å². The molecule has 2 aliphatic rings. The molecule has 1 amide bonds. The number of aryl methyl sites for hydroxylation is 2. The molecule has 0 saturated carbocycles. The number of amides is 1. The molecule has 0 bridgehead atoms. The van der Waals surface area contributed by atoms with E-state index in [2.05, 4.69) is 83.9 Å². The molecule has 0 radical (unpaired) electrons. The maximum absolute atomic E-state index is 10.2. The van der Waals surface area contributed by atoms with Crippen LogP contribution in [0, 0.1) is 0 Å². The van der Waals surface area contributed by atoms with Crippen molar-refractivity contribution in [2.75, 3.05) is 27.2 Å². The van der Waals surface area contributed by atoms with E-state index in [9.17, 15) is 4.79 Å². The van der Waals surface area contributed by atoms with Crippen LogP contribution >= 0.6 is 0 Å². The summed E-state index contributed by atoms with van der Waals surface area (Å²) in [6.45, 7) is 1.38. The number of nitrogens with one attached hydrogen (secondary N) is 1. The first-order valence-electron chi connectivity index (χ1n) is 9.75. The maximum atomic E-state index is 10.2. The Balaban J connectivity index is 0.000000271. The maximum Gasteiger partial charge on any atom is 0.262 e. The molecule has 5 heteroatoms. The molecule has 2 aromatic carbocycles. The van der Waals surface area contributed by atoms with Crippen LogP contribution in [0.5, 0.6) is 0 Å². The van der Waals surface area contributed by atoms with E-state index < -0.39 is 6.04 Å². The minimum absolute atomic E-state index is 0.236. The van der Waals surface area contributed by atoms with Gasteiger partial charge in [0.05, 0.1) is 6.61 Å². The Morgan fingerprint density at radius 2 is 1.64 bits per heavy atom. The van der Waals surface area contributed by atoms with E-state index in [0.717, 1.165) is 25.8 Å². The molecular weight excluding hydrogens is 350 g/mol. The van der Waals surface area contributed by atoms with Crippen LogP contribution < -0.4 is 11.2 Å². The largest absolute Gasteiger partial charge is 0.318 e. The molecule has 2 aromatic rings. The fourth-order valence-corrected chi connectivity index (χ4v) is 3.46. The van der Waals surface area contributed by atoms with Gasteiger partial charge in [-0.2, -0.15) is 0 Å². The normalized spacial score (nSPS) is 17.8. The standard InChI is InChI=1S/C20H23N.C3H6N2O2/c1-21(2)15-7-12-20-18-10-5-3-8-16(18)13-14-17-9-4-6-11-19(17)20;4-2-1-7-5-3(2)6/h3-6,8-12H,7,13-15H2,1-2H3;2H,1,4H2,(H,5,6)/t;2-/m.1/s1. The molecule has 0 aromatic heterocycles. The number of hydrogen-bond acceptors (Lipinski definition) is 4. The van der Waals surface area contributed by atoms with Crippen molar-refractivity contribution in [3.05, 3.63) is 76.9 Å². The molecular formula is C23H29N3O2. The van der Waals surface area contributed by atoms with Crippen LogP contribution in [0.15, 0.2) is 54.6 Å². The van der Waals surface area contributed by atoms with Crippen LogP contribution in [0.3, 0.4) is 0 Å². The summed E-state index contributed by atoms with van der Waals surface area (Å²) in [5.74, 6) is -0.236. The Hall–Kier alpha value is -2.47. The number of hydroxylamine groups is 1. The molecule has 1 heterocycles. The quantitative estimate of drug-likeness (QED) is 0.860. The summed E-state index contributed by atoms with van der Waals surface area (Å²) >= 11 is 0. The van der Waals surface area contributed by atoms with Crippen molar-refractivity contribution >= 4 is 11.5 Å². The van der Waals surface area contributed by atoms with Gasteiger partial charge in [0.15, 0.2) is 0 Å². The number of carbonyl (C=O) groups excluding carboxylic acids is 1. The number of nitrogens with two attached hydrogens (primary N) is 1. The van der Waals surface area contributed by atoms with Gasteiger partial charge in [0.25, 0.3) is 5.91 Å². The van der Waals surface area contributed by atoms with E-state index in [1.54, 1.807) is 0 Å². The van der Waals surface area contributed by atoms with Crippen molar-refractivity contribution in [2.45, 2.75) is 25.3 Å². The van der Waals surface area contributed by atoms with Crippen LogP contribution in [-0.2, 0) is 22.5 Å². The molecule has 0 unspecified atom stereocenters. The summed E-state index contributed by atoms with van der Waals surface area (Å²) in [4.78, 5) is 16.9. The third kappa shape index (κ3) is 5.07. The van der Waals surface area contributed by atoms with Crippen molar-refractivity contribution in [1.29, 1.82) is 0 Å². The van der Waals surface area contributed by atoms with Gasteiger partial charge in [-0.15, -0.1) is 0 Å². The van der Waals surface area contributed by atoms with E-state index in [0.29, 0.717) is 6.61 Å². The molecule has 1 aliphatic carbocycles. The molecule has 5 nitrogen and oxygen atoms in total. The summed E-state index contributed by atoms with van der Waals surface area (Å²) in [5, 5.41) is 0. The lowest BCUT2D eigenvalue weighted by Gasteiger charge is -2.13. The third-order valence-corrected chi connectivity index (χ3v) is 4.98. The van der Waals surface area contributed by atoms with Gasteiger partial charge in [0, 0.05) is 6.54 Å². The van der Waals surface area contributed by atoms with E-state index in [-0.39, 0.29) is 5.91 Å². The lowest BCUT2D eigenvalue weighted by atomic mass is 9.93. The number of hydrogen-bond donors (Lipinski definition) is 2. The smallest absolute Gasteiger partial charge is 0.262 e. The van der Waals surface area contributed by atoms with Crippen LogP contribution in [0.4, 0.5) is 0 Å². The predicted molar refractivity (Wildman–Crippen MR) is 113 cm³/mol. The second-order valence-corrected chi connectivity index (χ2v) is 7.41. The van der Waals surface area contributed by atoms with Gasteiger partial charge in [-0.05, 0) is 61.2 Å². The zero-order chi connectivity index (χ0) is 19.9.